The molecule has 0 saturated carbocycles. The Morgan fingerprint density at radius 2 is 2.36 bits per heavy atom. The quantitative estimate of drug-likeness (QED) is 0.692. The van der Waals surface area contributed by atoms with Gasteiger partial charge in [-0.05, 0) is 18.8 Å². The summed E-state index contributed by atoms with van der Waals surface area (Å²) < 4.78 is 5.41. The van der Waals surface area contributed by atoms with Crippen LogP contribution < -0.4 is 5.32 Å². The highest BCUT2D eigenvalue weighted by Crippen LogP contribution is 2.11. The fourth-order valence-electron chi connectivity index (χ4n) is 1.67. The third kappa shape index (κ3) is 3.27. The number of carboxylic acids is 1. The maximum Gasteiger partial charge on any atom is 0.320 e. The molecule has 2 atom stereocenters. The number of ether oxygens (including phenoxy) is 1. The molecule has 0 aromatic rings. The summed E-state index contributed by atoms with van der Waals surface area (Å²) in [6, 6.07) is -0.459. The van der Waals surface area contributed by atoms with Crippen LogP contribution in [0, 0.1) is 5.92 Å². The Hall–Kier alpha value is -0.610. The van der Waals surface area contributed by atoms with Crippen LogP contribution in [0.2, 0.25) is 0 Å². The number of carboxylic acid groups (broad SMARTS) is 1. The molecule has 1 fully saturated rings. The van der Waals surface area contributed by atoms with Crippen LogP contribution in [0.15, 0.2) is 0 Å². The zero-order valence-electron chi connectivity index (χ0n) is 8.82. The van der Waals surface area contributed by atoms with E-state index in [0.29, 0.717) is 6.54 Å². The van der Waals surface area contributed by atoms with Gasteiger partial charge >= 0.3 is 5.97 Å². The van der Waals surface area contributed by atoms with E-state index in [1.165, 1.54) is 0 Å². The number of rotatable bonds is 5. The summed E-state index contributed by atoms with van der Waals surface area (Å²) in [5, 5.41) is 12.0. The van der Waals surface area contributed by atoms with E-state index in [4.69, 9.17) is 9.84 Å². The second-order valence-electron chi connectivity index (χ2n) is 4.10. The number of hydrogen-bond donors (Lipinski definition) is 2. The first kappa shape index (κ1) is 11.5. The van der Waals surface area contributed by atoms with E-state index >= 15 is 0 Å². The smallest absolute Gasteiger partial charge is 0.320 e. The maximum atomic E-state index is 10.8. The van der Waals surface area contributed by atoms with Gasteiger partial charge in [0.15, 0.2) is 0 Å². The van der Waals surface area contributed by atoms with E-state index in [2.05, 4.69) is 5.32 Å². The first-order chi connectivity index (χ1) is 6.61. The third-order valence-electron chi connectivity index (χ3n) is 2.52. The maximum absolute atomic E-state index is 10.8. The zero-order chi connectivity index (χ0) is 10.6. The molecule has 0 aromatic carbocycles. The molecule has 0 unspecified atom stereocenters. The lowest BCUT2D eigenvalue weighted by molar-refractivity contribution is -0.140. The highest BCUT2D eigenvalue weighted by Gasteiger charge is 2.23. The van der Waals surface area contributed by atoms with Crippen LogP contribution in [-0.2, 0) is 9.53 Å². The standard InChI is InChI=1S/C10H19NO3/c1-7(2)9(10(12)13)11-6-8-4-3-5-14-8/h7-9,11H,3-6H2,1-2H3,(H,12,13)/t8-,9+/m0/s1. The van der Waals surface area contributed by atoms with Gasteiger partial charge in [-0.3, -0.25) is 4.79 Å². The van der Waals surface area contributed by atoms with Crippen molar-refractivity contribution in [3.63, 3.8) is 0 Å². The lowest BCUT2D eigenvalue weighted by Crippen LogP contribution is -2.44. The van der Waals surface area contributed by atoms with Crippen molar-refractivity contribution in [2.75, 3.05) is 13.2 Å². The average Bonchev–Trinajstić information content (AvgIpc) is 2.55. The van der Waals surface area contributed by atoms with Gasteiger partial charge in [0, 0.05) is 13.2 Å². The average molecular weight is 201 g/mol. The molecule has 0 aliphatic carbocycles. The molecular weight excluding hydrogens is 182 g/mol. The summed E-state index contributed by atoms with van der Waals surface area (Å²) in [4.78, 5) is 10.8. The van der Waals surface area contributed by atoms with Gasteiger partial charge in [0.2, 0.25) is 0 Å². The van der Waals surface area contributed by atoms with Crippen LogP contribution >= 0.6 is 0 Å². The Morgan fingerprint density at radius 1 is 1.64 bits per heavy atom. The summed E-state index contributed by atoms with van der Waals surface area (Å²) in [6.45, 7) is 5.27. The number of hydrogen-bond acceptors (Lipinski definition) is 3. The molecule has 0 radical (unpaired) electrons. The van der Waals surface area contributed by atoms with Crippen molar-refractivity contribution in [1.29, 1.82) is 0 Å². The highest BCUT2D eigenvalue weighted by molar-refractivity contribution is 5.73. The molecule has 0 amide bonds. The molecule has 1 rings (SSSR count). The first-order valence-corrected chi connectivity index (χ1v) is 5.19. The fourth-order valence-corrected chi connectivity index (χ4v) is 1.67. The van der Waals surface area contributed by atoms with Crippen molar-refractivity contribution in [2.24, 2.45) is 5.92 Å². The predicted molar refractivity (Wildman–Crippen MR) is 53.2 cm³/mol. The molecule has 1 heterocycles. The minimum absolute atomic E-state index is 0.105. The Kier molecular flexibility index (Phi) is 4.35. The van der Waals surface area contributed by atoms with Gasteiger partial charge < -0.3 is 15.2 Å². The van der Waals surface area contributed by atoms with Crippen molar-refractivity contribution in [3.8, 4) is 0 Å². The van der Waals surface area contributed by atoms with Crippen molar-refractivity contribution < 1.29 is 14.6 Å². The van der Waals surface area contributed by atoms with Crippen LogP contribution in [0.5, 0.6) is 0 Å². The molecule has 2 N–H and O–H groups in total. The van der Waals surface area contributed by atoms with Gasteiger partial charge in [0.05, 0.1) is 6.10 Å². The summed E-state index contributed by atoms with van der Waals surface area (Å²) in [6.07, 6.45) is 2.33. The van der Waals surface area contributed by atoms with Gasteiger partial charge in [0.25, 0.3) is 0 Å². The van der Waals surface area contributed by atoms with Gasteiger partial charge in [-0.2, -0.15) is 0 Å². The summed E-state index contributed by atoms with van der Waals surface area (Å²) in [5.74, 6) is -0.674. The topological polar surface area (TPSA) is 58.6 Å². The van der Waals surface area contributed by atoms with Gasteiger partial charge in [-0.15, -0.1) is 0 Å². The van der Waals surface area contributed by atoms with E-state index in [1.807, 2.05) is 13.8 Å². The molecule has 1 aliphatic rings. The Bertz CT molecular complexity index is 188. The van der Waals surface area contributed by atoms with Crippen LogP contribution in [0.4, 0.5) is 0 Å². The third-order valence-corrected chi connectivity index (χ3v) is 2.52. The van der Waals surface area contributed by atoms with E-state index in [9.17, 15) is 4.79 Å². The van der Waals surface area contributed by atoms with Gasteiger partial charge in [-0.25, -0.2) is 0 Å². The van der Waals surface area contributed by atoms with Gasteiger partial charge in [-0.1, -0.05) is 13.8 Å². The largest absolute Gasteiger partial charge is 0.480 e. The van der Waals surface area contributed by atoms with Crippen LogP contribution in [0.1, 0.15) is 26.7 Å². The second kappa shape index (κ2) is 5.32. The molecule has 1 aliphatic heterocycles. The first-order valence-electron chi connectivity index (χ1n) is 5.19. The predicted octanol–water partition coefficient (Wildman–Crippen LogP) is 0.864. The van der Waals surface area contributed by atoms with Crippen LogP contribution in [0.25, 0.3) is 0 Å². The van der Waals surface area contributed by atoms with Crippen molar-refractivity contribution >= 4 is 5.97 Å². The Labute approximate surface area is 84.6 Å². The molecule has 82 valence electrons. The molecule has 14 heavy (non-hydrogen) atoms. The molecular formula is C10H19NO3. The number of carbonyl (C=O) groups is 1. The van der Waals surface area contributed by atoms with Crippen molar-refractivity contribution in [3.05, 3.63) is 0 Å². The minimum Gasteiger partial charge on any atom is -0.480 e. The van der Waals surface area contributed by atoms with Crippen molar-refractivity contribution in [2.45, 2.75) is 38.8 Å². The lowest BCUT2D eigenvalue weighted by Gasteiger charge is -2.19. The Balaban J connectivity index is 2.28. The molecule has 0 spiro atoms. The summed E-state index contributed by atoms with van der Waals surface area (Å²) in [5.41, 5.74) is 0. The highest BCUT2D eigenvalue weighted by atomic mass is 16.5. The van der Waals surface area contributed by atoms with Crippen molar-refractivity contribution in [1.82, 2.24) is 5.32 Å². The Morgan fingerprint density at radius 3 is 2.79 bits per heavy atom. The fraction of sp³-hybridized carbons (Fsp3) is 0.900. The molecule has 4 heteroatoms. The minimum atomic E-state index is -0.780. The number of aliphatic carboxylic acids is 1. The molecule has 0 aromatic heterocycles. The second-order valence-corrected chi connectivity index (χ2v) is 4.10. The van der Waals surface area contributed by atoms with Gasteiger partial charge in [0.1, 0.15) is 6.04 Å². The number of nitrogens with one attached hydrogen (secondary N) is 1. The monoisotopic (exact) mass is 201 g/mol. The summed E-state index contributed by atoms with van der Waals surface area (Å²) >= 11 is 0. The van der Waals surface area contributed by atoms with E-state index in [-0.39, 0.29) is 12.0 Å². The molecule has 4 nitrogen and oxygen atoms in total. The van der Waals surface area contributed by atoms with Crippen LogP contribution in [0.3, 0.4) is 0 Å². The lowest BCUT2D eigenvalue weighted by atomic mass is 10.0. The molecule has 1 saturated heterocycles. The SMILES string of the molecule is CC(C)[C@@H](NC[C@@H]1CCCO1)C(=O)O. The van der Waals surface area contributed by atoms with E-state index in [1.54, 1.807) is 0 Å². The normalized spacial score (nSPS) is 24.1. The summed E-state index contributed by atoms with van der Waals surface area (Å²) in [7, 11) is 0. The van der Waals surface area contributed by atoms with E-state index < -0.39 is 12.0 Å². The van der Waals surface area contributed by atoms with E-state index in [0.717, 1.165) is 19.4 Å². The molecule has 0 bridgehead atoms. The van der Waals surface area contributed by atoms with Crippen LogP contribution in [-0.4, -0.2) is 36.4 Å². The zero-order valence-corrected chi connectivity index (χ0v) is 8.82.